The summed E-state index contributed by atoms with van der Waals surface area (Å²) in [5.41, 5.74) is 0. The highest BCUT2D eigenvalue weighted by atomic mass is 16.5. The van der Waals surface area contributed by atoms with Gasteiger partial charge in [-0.3, -0.25) is 9.69 Å². The molecule has 1 aliphatic rings. The van der Waals surface area contributed by atoms with Crippen LogP contribution < -0.4 is 0 Å². The van der Waals surface area contributed by atoms with Crippen LogP contribution in [0, 0.1) is 0 Å². The molecule has 0 radical (unpaired) electrons. The van der Waals surface area contributed by atoms with E-state index in [9.17, 15) is 4.79 Å². The van der Waals surface area contributed by atoms with Crippen LogP contribution in [0.1, 0.15) is 12.8 Å². The summed E-state index contributed by atoms with van der Waals surface area (Å²) in [6.45, 7) is 9.77. The van der Waals surface area contributed by atoms with Gasteiger partial charge in [-0.1, -0.05) is 12.2 Å². The highest BCUT2D eigenvalue weighted by molar-refractivity contribution is 5.71. The minimum Gasteiger partial charge on any atom is -0.461 e. The highest BCUT2D eigenvalue weighted by Gasteiger charge is 2.24. The van der Waals surface area contributed by atoms with Gasteiger partial charge in [-0.05, 0) is 6.42 Å². The molecule has 1 rings (SSSR count). The first-order valence-electron chi connectivity index (χ1n) is 4.90. The number of nitrogens with zero attached hydrogens (tertiary/aromatic N) is 1. The SMILES string of the molecule is C=CCN(CC=C)CC1CCC(=O)O1. The average molecular weight is 195 g/mol. The third kappa shape index (κ3) is 3.34. The van der Waals surface area contributed by atoms with E-state index in [1.54, 1.807) is 0 Å². The summed E-state index contributed by atoms with van der Waals surface area (Å²) < 4.78 is 5.14. The molecule has 0 aromatic carbocycles. The molecule has 3 heteroatoms. The van der Waals surface area contributed by atoms with Crippen LogP contribution in [0.2, 0.25) is 0 Å². The molecule has 78 valence electrons. The van der Waals surface area contributed by atoms with Gasteiger partial charge in [0.2, 0.25) is 0 Å². The van der Waals surface area contributed by atoms with Crippen molar-refractivity contribution in [3.8, 4) is 0 Å². The molecule has 1 atom stereocenters. The lowest BCUT2D eigenvalue weighted by atomic mass is 10.2. The monoisotopic (exact) mass is 195 g/mol. The number of hydrogen-bond donors (Lipinski definition) is 0. The van der Waals surface area contributed by atoms with E-state index >= 15 is 0 Å². The Morgan fingerprint density at radius 3 is 2.50 bits per heavy atom. The zero-order valence-corrected chi connectivity index (χ0v) is 8.45. The first-order chi connectivity index (χ1) is 6.76. The van der Waals surface area contributed by atoms with E-state index in [-0.39, 0.29) is 12.1 Å². The van der Waals surface area contributed by atoms with E-state index < -0.39 is 0 Å². The standard InChI is InChI=1S/C11H17NO2/c1-3-7-12(8-4-2)9-10-5-6-11(13)14-10/h3-4,10H,1-2,5-9H2. The van der Waals surface area contributed by atoms with Crippen molar-refractivity contribution in [2.75, 3.05) is 19.6 Å². The second kappa shape index (κ2) is 5.60. The van der Waals surface area contributed by atoms with Crippen LogP contribution in [0.4, 0.5) is 0 Å². The number of esters is 1. The molecule has 0 bridgehead atoms. The van der Waals surface area contributed by atoms with Crippen molar-refractivity contribution in [3.63, 3.8) is 0 Å². The molecule has 0 spiro atoms. The molecule has 0 amide bonds. The second-order valence-electron chi connectivity index (χ2n) is 3.45. The molecule has 1 heterocycles. The maximum atomic E-state index is 10.9. The molecule has 3 nitrogen and oxygen atoms in total. The van der Waals surface area contributed by atoms with Gasteiger partial charge in [0.05, 0.1) is 0 Å². The topological polar surface area (TPSA) is 29.5 Å². The fraction of sp³-hybridized carbons (Fsp3) is 0.545. The van der Waals surface area contributed by atoms with Gasteiger partial charge in [-0.25, -0.2) is 0 Å². The molecule has 1 unspecified atom stereocenters. The first-order valence-corrected chi connectivity index (χ1v) is 4.90. The number of cyclic esters (lactones) is 1. The van der Waals surface area contributed by atoms with E-state index in [0.29, 0.717) is 6.42 Å². The van der Waals surface area contributed by atoms with Gasteiger partial charge in [0, 0.05) is 26.1 Å². The summed E-state index contributed by atoms with van der Waals surface area (Å²) in [5.74, 6) is -0.0767. The van der Waals surface area contributed by atoms with Gasteiger partial charge in [0.25, 0.3) is 0 Å². The molecule has 1 fully saturated rings. The Labute approximate surface area is 85.0 Å². The van der Waals surface area contributed by atoms with Gasteiger partial charge < -0.3 is 4.74 Å². The molecule has 0 aromatic rings. The van der Waals surface area contributed by atoms with Crippen LogP contribution >= 0.6 is 0 Å². The molecular formula is C11H17NO2. The number of carbonyl (C=O) groups excluding carboxylic acids is 1. The van der Waals surface area contributed by atoms with Crippen molar-refractivity contribution in [1.29, 1.82) is 0 Å². The zero-order chi connectivity index (χ0) is 10.4. The van der Waals surface area contributed by atoms with E-state index in [1.807, 2.05) is 12.2 Å². The quantitative estimate of drug-likeness (QED) is 0.473. The van der Waals surface area contributed by atoms with Crippen molar-refractivity contribution in [3.05, 3.63) is 25.3 Å². The highest BCUT2D eigenvalue weighted by Crippen LogP contribution is 2.14. The lowest BCUT2D eigenvalue weighted by Gasteiger charge is -2.21. The smallest absolute Gasteiger partial charge is 0.306 e. The maximum absolute atomic E-state index is 10.9. The van der Waals surface area contributed by atoms with Crippen LogP contribution in [0.3, 0.4) is 0 Å². The lowest BCUT2D eigenvalue weighted by Crippen LogP contribution is -2.32. The van der Waals surface area contributed by atoms with Crippen molar-refractivity contribution < 1.29 is 9.53 Å². The van der Waals surface area contributed by atoms with E-state index in [1.165, 1.54) is 0 Å². The van der Waals surface area contributed by atoms with Crippen LogP contribution in [-0.4, -0.2) is 36.6 Å². The minimum absolute atomic E-state index is 0.0578. The third-order valence-corrected chi connectivity index (χ3v) is 2.20. The summed E-state index contributed by atoms with van der Waals surface area (Å²) in [4.78, 5) is 13.0. The molecule has 0 aliphatic carbocycles. The number of ether oxygens (including phenoxy) is 1. The Morgan fingerprint density at radius 1 is 1.43 bits per heavy atom. The van der Waals surface area contributed by atoms with Crippen molar-refractivity contribution in [2.45, 2.75) is 18.9 Å². The molecule has 1 saturated heterocycles. The van der Waals surface area contributed by atoms with Gasteiger partial charge in [0.15, 0.2) is 0 Å². The van der Waals surface area contributed by atoms with Gasteiger partial charge in [0.1, 0.15) is 6.10 Å². The predicted octanol–water partition coefficient (Wildman–Crippen LogP) is 1.37. The fourth-order valence-corrected chi connectivity index (χ4v) is 1.59. The molecule has 0 N–H and O–H groups in total. The van der Waals surface area contributed by atoms with Crippen molar-refractivity contribution in [2.24, 2.45) is 0 Å². The van der Waals surface area contributed by atoms with E-state index in [0.717, 1.165) is 26.1 Å². The van der Waals surface area contributed by atoms with Crippen LogP contribution in [0.25, 0.3) is 0 Å². The molecule has 14 heavy (non-hydrogen) atoms. The number of carbonyl (C=O) groups is 1. The molecule has 1 aliphatic heterocycles. The molecule has 0 aromatic heterocycles. The summed E-state index contributed by atoms with van der Waals surface area (Å²) in [5, 5.41) is 0. The fourth-order valence-electron chi connectivity index (χ4n) is 1.59. The Balaban J connectivity index is 2.34. The first kappa shape index (κ1) is 11.0. The molecular weight excluding hydrogens is 178 g/mol. The summed E-state index contributed by atoms with van der Waals surface area (Å²) in [6, 6.07) is 0. The van der Waals surface area contributed by atoms with Crippen LogP contribution in [0.5, 0.6) is 0 Å². The summed E-state index contributed by atoms with van der Waals surface area (Å²) in [6.07, 6.45) is 5.15. The Morgan fingerprint density at radius 2 is 2.07 bits per heavy atom. The average Bonchev–Trinajstić information content (AvgIpc) is 2.52. The van der Waals surface area contributed by atoms with Crippen molar-refractivity contribution in [1.82, 2.24) is 4.90 Å². The minimum atomic E-state index is -0.0767. The molecule has 0 saturated carbocycles. The predicted molar refractivity (Wildman–Crippen MR) is 55.9 cm³/mol. The summed E-state index contributed by atoms with van der Waals surface area (Å²) in [7, 11) is 0. The normalized spacial score (nSPS) is 20.9. The van der Waals surface area contributed by atoms with Gasteiger partial charge in [-0.15, -0.1) is 13.2 Å². The maximum Gasteiger partial charge on any atom is 0.306 e. The second-order valence-corrected chi connectivity index (χ2v) is 3.45. The largest absolute Gasteiger partial charge is 0.461 e. The Hall–Kier alpha value is -1.09. The number of hydrogen-bond acceptors (Lipinski definition) is 3. The Bertz CT molecular complexity index is 215. The number of rotatable bonds is 6. The lowest BCUT2D eigenvalue weighted by molar-refractivity contribution is -0.141. The summed E-state index contributed by atoms with van der Waals surface area (Å²) >= 11 is 0. The third-order valence-electron chi connectivity index (χ3n) is 2.20. The van der Waals surface area contributed by atoms with Crippen molar-refractivity contribution >= 4 is 5.97 Å². The van der Waals surface area contributed by atoms with E-state index in [4.69, 9.17) is 4.74 Å². The van der Waals surface area contributed by atoms with Gasteiger partial charge >= 0.3 is 5.97 Å². The van der Waals surface area contributed by atoms with Gasteiger partial charge in [-0.2, -0.15) is 0 Å². The zero-order valence-electron chi connectivity index (χ0n) is 8.45. The van der Waals surface area contributed by atoms with E-state index in [2.05, 4.69) is 18.1 Å². The van der Waals surface area contributed by atoms with Crippen LogP contribution in [0.15, 0.2) is 25.3 Å². The van der Waals surface area contributed by atoms with Crippen LogP contribution in [-0.2, 0) is 9.53 Å². The Kier molecular flexibility index (Phi) is 4.40.